The topological polar surface area (TPSA) is 57.7 Å². The Morgan fingerprint density at radius 3 is 2.54 bits per heavy atom. The molecule has 2 atom stereocenters. The summed E-state index contributed by atoms with van der Waals surface area (Å²) < 4.78 is 0. The molecule has 2 aliphatic heterocycles. The number of benzene rings is 1. The van der Waals surface area contributed by atoms with Crippen LogP contribution in [0.5, 0.6) is 0 Å². The van der Waals surface area contributed by atoms with Gasteiger partial charge in [-0.2, -0.15) is 0 Å². The first kappa shape index (κ1) is 19.2. The molecule has 2 unspecified atom stereocenters. The van der Waals surface area contributed by atoms with Gasteiger partial charge in [0.15, 0.2) is 0 Å². The molecular formula is C23H30N2O3. The zero-order chi connectivity index (χ0) is 19.5. The molecule has 1 saturated heterocycles. The second-order valence-corrected chi connectivity index (χ2v) is 8.54. The zero-order valence-corrected chi connectivity index (χ0v) is 16.6. The van der Waals surface area contributed by atoms with Crippen molar-refractivity contribution < 1.29 is 14.4 Å². The SMILES string of the molecule is O=C(CCCC(=O)N1CCc2ccccc2C1=O)N1CCC2CCCCC2C1. The summed E-state index contributed by atoms with van der Waals surface area (Å²) in [5.41, 5.74) is 1.64. The van der Waals surface area contributed by atoms with E-state index in [2.05, 4.69) is 0 Å². The van der Waals surface area contributed by atoms with Gasteiger partial charge < -0.3 is 4.90 Å². The fraction of sp³-hybridized carbons (Fsp3) is 0.609. The molecular weight excluding hydrogens is 352 g/mol. The number of rotatable bonds is 4. The lowest BCUT2D eigenvalue weighted by atomic mass is 9.75. The predicted octanol–water partition coefficient (Wildman–Crippen LogP) is 3.42. The van der Waals surface area contributed by atoms with Crippen molar-refractivity contribution in [3.8, 4) is 0 Å². The van der Waals surface area contributed by atoms with Gasteiger partial charge in [0.05, 0.1) is 0 Å². The van der Waals surface area contributed by atoms with Gasteiger partial charge in [-0.1, -0.05) is 37.5 Å². The van der Waals surface area contributed by atoms with Crippen LogP contribution in [0.15, 0.2) is 24.3 Å². The number of likely N-dealkylation sites (tertiary alicyclic amines) is 1. The number of hydrogen-bond donors (Lipinski definition) is 0. The highest BCUT2D eigenvalue weighted by atomic mass is 16.2. The number of carbonyl (C=O) groups is 3. The van der Waals surface area contributed by atoms with Crippen LogP contribution in [0.3, 0.4) is 0 Å². The first-order valence-electron chi connectivity index (χ1n) is 10.8. The summed E-state index contributed by atoms with van der Waals surface area (Å²) >= 11 is 0. The molecule has 2 fully saturated rings. The van der Waals surface area contributed by atoms with Crippen LogP contribution in [0.2, 0.25) is 0 Å². The molecule has 0 N–H and O–H groups in total. The lowest BCUT2D eigenvalue weighted by Gasteiger charge is -2.41. The standard InChI is InChI=1S/C23H30N2O3/c26-21(24-14-12-17-6-1-2-8-19(17)16-24)10-5-11-22(27)25-15-13-18-7-3-4-9-20(18)23(25)28/h3-4,7,9,17,19H,1-2,5-6,8,10-16H2. The summed E-state index contributed by atoms with van der Waals surface area (Å²) in [4.78, 5) is 41.1. The quantitative estimate of drug-likeness (QED) is 0.802. The largest absolute Gasteiger partial charge is 0.342 e. The Morgan fingerprint density at radius 1 is 0.929 bits per heavy atom. The molecule has 0 radical (unpaired) electrons. The highest BCUT2D eigenvalue weighted by Crippen LogP contribution is 2.36. The van der Waals surface area contributed by atoms with E-state index in [1.165, 1.54) is 30.6 Å². The van der Waals surface area contributed by atoms with Crippen molar-refractivity contribution in [2.45, 2.75) is 57.8 Å². The first-order chi connectivity index (χ1) is 13.6. The van der Waals surface area contributed by atoms with Gasteiger partial charge in [0.25, 0.3) is 5.91 Å². The van der Waals surface area contributed by atoms with E-state index in [1.807, 2.05) is 23.1 Å². The molecule has 1 aromatic carbocycles. The average molecular weight is 383 g/mol. The van der Waals surface area contributed by atoms with Gasteiger partial charge in [-0.15, -0.1) is 0 Å². The normalized spacial score (nSPS) is 24.5. The van der Waals surface area contributed by atoms with Crippen LogP contribution in [0.25, 0.3) is 0 Å². The number of piperidine rings is 1. The summed E-state index contributed by atoms with van der Waals surface area (Å²) in [7, 11) is 0. The Kier molecular flexibility index (Phi) is 5.79. The van der Waals surface area contributed by atoms with Crippen molar-refractivity contribution in [1.29, 1.82) is 0 Å². The van der Waals surface area contributed by atoms with Crippen LogP contribution in [0, 0.1) is 11.8 Å². The number of nitrogens with zero attached hydrogens (tertiary/aromatic N) is 2. The Bertz CT molecular complexity index is 760. The first-order valence-corrected chi connectivity index (χ1v) is 10.8. The molecule has 1 aromatic rings. The van der Waals surface area contributed by atoms with Gasteiger partial charge >= 0.3 is 0 Å². The third-order valence-corrected chi connectivity index (χ3v) is 6.82. The Hall–Kier alpha value is -2.17. The lowest BCUT2D eigenvalue weighted by Crippen LogP contribution is -2.45. The zero-order valence-electron chi connectivity index (χ0n) is 16.6. The summed E-state index contributed by atoms with van der Waals surface area (Å²) in [5, 5.41) is 0. The third-order valence-electron chi connectivity index (χ3n) is 6.82. The van der Waals surface area contributed by atoms with Gasteiger partial charge in [-0.25, -0.2) is 0 Å². The van der Waals surface area contributed by atoms with Crippen LogP contribution >= 0.6 is 0 Å². The highest BCUT2D eigenvalue weighted by molar-refractivity contribution is 6.06. The summed E-state index contributed by atoms with van der Waals surface area (Å²) in [5.74, 6) is 1.31. The molecule has 3 aliphatic rings. The summed E-state index contributed by atoms with van der Waals surface area (Å²) in [6.07, 6.45) is 8.26. The van der Waals surface area contributed by atoms with Crippen molar-refractivity contribution in [3.63, 3.8) is 0 Å². The van der Waals surface area contributed by atoms with Crippen LogP contribution in [0.1, 0.15) is 67.3 Å². The van der Waals surface area contributed by atoms with Crippen molar-refractivity contribution in [1.82, 2.24) is 9.80 Å². The number of carbonyl (C=O) groups excluding carboxylic acids is 3. The van der Waals surface area contributed by atoms with E-state index in [-0.39, 0.29) is 24.1 Å². The fourth-order valence-corrected chi connectivity index (χ4v) is 5.18. The molecule has 28 heavy (non-hydrogen) atoms. The van der Waals surface area contributed by atoms with Gasteiger partial charge in [-0.05, 0) is 49.1 Å². The van der Waals surface area contributed by atoms with Crippen molar-refractivity contribution in [3.05, 3.63) is 35.4 Å². The molecule has 1 saturated carbocycles. The lowest BCUT2D eigenvalue weighted by molar-refractivity contribution is -0.134. The van der Waals surface area contributed by atoms with E-state index in [1.54, 1.807) is 6.07 Å². The molecule has 0 spiro atoms. The predicted molar refractivity (Wildman–Crippen MR) is 107 cm³/mol. The minimum absolute atomic E-state index is 0.154. The Balaban J connectivity index is 1.24. The molecule has 0 bridgehead atoms. The smallest absolute Gasteiger partial charge is 0.260 e. The molecule has 3 amide bonds. The molecule has 5 nitrogen and oxygen atoms in total. The molecule has 4 rings (SSSR count). The van der Waals surface area contributed by atoms with Crippen LogP contribution < -0.4 is 0 Å². The van der Waals surface area contributed by atoms with E-state index in [0.717, 1.165) is 31.0 Å². The molecule has 2 heterocycles. The maximum absolute atomic E-state index is 12.6. The van der Waals surface area contributed by atoms with E-state index in [9.17, 15) is 14.4 Å². The summed E-state index contributed by atoms with van der Waals surface area (Å²) in [6.45, 7) is 2.21. The maximum Gasteiger partial charge on any atom is 0.260 e. The monoisotopic (exact) mass is 382 g/mol. The highest BCUT2D eigenvalue weighted by Gasteiger charge is 2.33. The van der Waals surface area contributed by atoms with Crippen LogP contribution in [0.4, 0.5) is 0 Å². The van der Waals surface area contributed by atoms with Crippen molar-refractivity contribution in [2.75, 3.05) is 19.6 Å². The van der Waals surface area contributed by atoms with Gasteiger partial charge in [0.1, 0.15) is 0 Å². The third kappa shape index (κ3) is 3.98. The van der Waals surface area contributed by atoms with E-state index in [4.69, 9.17) is 0 Å². The number of amides is 3. The van der Waals surface area contributed by atoms with Gasteiger partial charge in [0, 0.05) is 38.0 Å². The van der Waals surface area contributed by atoms with Gasteiger partial charge in [-0.3, -0.25) is 19.3 Å². The van der Waals surface area contributed by atoms with E-state index < -0.39 is 0 Å². The Labute approximate surface area is 167 Å². The summed E-state index contributed by atoms with van der Waals surface area (Å²) in [6, 6.07) is 7.49. The van der Waals surface area contributed by atoms with Crippen molar-refractivity contribution in [2.24, 2.45) is 11.8 Å². The number of fused-ring (bicyclic) bond motifs is 2. The number of hydrogen-bond acceptors (Lipinski definition) is 3. The second-order valence-electron chi connectivity index (χ2n) is 8.54. The van der Waals surface area contributed by atoms with Crippen LogP contribution in [-0.2, 0) is 16.0 Å². The maximum atomic E-state index is 12.6. The average Bonchev–Trinajstić information content (AvgIpc) is 2.73. The minimum atomic E-state index is -0.197. The van der Waals surface area contributed by atoms with E-state index >= 15 is 0 Å². The van der Waals surface area contributed by atoms with E-state index in [0.29, 0.717) is 37.3 Å². The number of imide groups is 1. The fourth-order valence-electron chi connectivity index (χ4n) is 5.18. The van der Waals surface area contributed by atoms with Crippen molar-refractivity contribution >= 4 is 17.7 Å². The Morgan fingerprint density at radius 2 is 1.68 bits per heavy atom. The molecule has 1 aliphatic carbocycles. The second kappa shape index (κ2) is 8.46. The minimum Gasteiger partial charge on any atom is -0.342 e. The molecule has 5 heteroatoms. The van der Waals surface area contributed by atoms with Crippen LogP contribution in [-0.4, -0.2) is 47.2 Å². The molecule has 150 valence electrons. The van der Waals surface area contributed by atoms with Gasteiger partial charge in [0.2, 0.25) is 11.8 Å². The molecule has 0 aromatic heterocycles.